The van der Waals surface area contributed by atoms with Crippen molar-refractivity contribution in [2.45, 2.75) is 24.8 Å². The number of hydrogen-bond donors (Lipinski definition) is 1. The number of rotatable bonds is 7. The van der Waals surface area contributed by atoms with E-state index in [1.807, 2.05) is 50.2 Å². The number of nitrogens with one attached hydrogen (secondary N) is 1. The molecule has 6 nitrogen and oxygen atoms in total. The summed E-state index contributed by atoms with van der Waals surface area (Å²) in [6, 6.07) is 12.3. The Labute approximate surface area is 161 Å². The summed E-state index contributed by atoms with van der Waals surface area (Å²) in [5, 5.41) is 0. The molecule has 2 aromatic carbocycles. The number of carbonyl (C=O) groups is 1. The monoisotopic (exact) mass is 390 g/mol. The van der Waals surface area contributed by atoms with Gasteiger partial charge in [0.15, 0.2) is 0 Å². The van der Waals surface area contributed by atoms with Crippen LogP contribution >= 0.6 is 0 Å². The van der Waals surface area contributed by atoms with E-state index < -0.39 is 16.0 Å². The highest BCUT2D eigenvalue weighted by atomic mass is 32.2. The van der Waals surface area contributed by atoms with Crippen LogP contribution in [0.3, 0.4) is 0 Å². The van der Waals surface area contributed by atoms with Crippen LogP contribution in [0.4, 0.5) is 0 Å². The molecule has 0 fully saturated rings. The van der Waals surface area contributed by atoms with Gasteiger partial charge in [-0.2, -0.15) is 0 Å². The van der Waals surface area contributed by atoms with E-state index >= 15 is 0 Å². The standard InChI is InChI=1S/C20H26N2O4S/c1-14-6-8-16(9-7-14)18(22(3)4)13-21-27(24,25)19-11-10-17(12-15(19)2)20(23)26-5/h6-12,18,21H,13H2,1-5H3. The Morgan fingerprint density at radius 3 is 2.26 bits per heavy atom. The average molecular weight is 391 g/mol. The predicted molar refractivity (Wildman–Crippen MR) is 105 cm³/mol. The molecule has 0 saturated heterocycles. The maximum absolute atomic E-state index is 12.8. The molecule has 1 unspecified atom stereocenters. The van der Waals surface area contributed by atoms with E-state index in [9.17, 15) is 13.2 Å². The zero-order valence-electron chi connectivity index (χ0n) is 16.3. The molecule has 0 aliphatic rings. The minimum atomic E-state index is -3.71. The Morgan fingerprint density at radius 2 is 1.74 bits per heavy atom. The number of aryl methyl sites for hydroxylation is 2. The first-order valence-corrected chi connectivity index (χ1v) is 10.1. The van der Waals surface area contributed by atoms with Crippen molar-refractivity contribution >= 4 is 16.0 Å². The molecule has 1 N–H and O–H groups in total. The number of methoxy groups -OCH3 is 1. The van der Waals surface area contributed by atoms with Gasteiger partial charge >= 0.3 is 5.97 Å². The molecule has 0 bridgehead atoms. The van der Waals surface area contributed by atoms with Crippen LogP contribution in [-0.2, 0) is 14.8 Å². The topological polar surface area (TPSA) is 75.7 Å². The molecular weight excluding hydrogens is 364 g/mol. The number of benzene rings is 2. The van der Waals surface area contributed by atoms with Gasteiger partial charge in [-0.15, -0.1) is 0 Å². The third-order valence-electron chi connectivity index (χ3n) is 4.44. The van der Waals surface area contributed by atoms with E-state index in [-0.39, 0.29) is 17.5 Å². The molecule has 146 valence electrons. The molecular formula is C20H26N2O4S. The molecule has 2 aromatic rings. The van der Waals surface area contributed by atoms with Crippen molar-refractivity contribution in [1.82, 2.24) is 9.62 Å². The summed E-state index contributed by atoms with van der Waals surface area (Å²) < 4.78 is 32.9. The maximum Gasteiger partial charge on any atom is 0.337 e. The molecule has 0 heterocycles. The number of sulfonamides is 1. The number of ether oxygens (including phenoxy) is 1. The molecule has 0 aliphatic heterocycles. The van der Waals surface area contributed by atoms with Gasteiger partial charge < -0.3 is 9.64 Å². The van der Waals surface area contributed by atoms with Gasteiger partial charge in [0, 0.05) is 12.6 Å². The second kappa shape index (κ2) is 8.65. The maximum atomic E-state index is 12.8. The SMILES string of the molecule is COC(=O)c1ccc(S(=O)(=O)NCC(c2ccc(C)cc2)N(C)C)c(C)c1. The number of carbonyl (C=O) groups excluding carboxylic acids is 1. The average Bonchev–Trinajstić information content (AvgIpc) is 2.62. The molecule has 0 spiro atoms. The Bertz CT molecular complexity index is 906. The lowest BCUT2D eigenvalue weighted by Crippen LogP contribution is -2.34. The van der Waals surface area contributed by atoms with Crippen molar-refractivity contribution in [2.75, 3.05) is 27.7 Å². The van der Waals surface area contributed by atoms with Gasteiger partial charge in [0.05, 0.1) is 17.6 Å². The molecule has 2 rings (SSSR count). The van der Waals surface area contributed by atoms with Gasteiger partial charge in [0.1, 0.15) is 0 Å². The molecule has 0 aromatic heterocycles. The van der Waals surface area contributed by atoms with Gasteiger partial charge in [0.2, 0.25) is 10.0 Å². The minimum Gasteiger partial charge on any atom is -0.465 e. The first-order valence-electron chi connectivity index (χ1n) is 8.57. The molecule has 1 atom stereocenters. The van der Waals surface area contributed by atoms with Gasteiger partial charge in [0.25, 0.3) is 0 Å². The highest BCUT2D eigenvalue weighted by molar-refractivity contribution is 7.89. The fraction of sp³-hybridized carbons (Fsp3) is 0.350. The highest BCUT2D eigenvalue weighted by Gasteiger charge is 2.22. The van der Waals surface area contributed by atoms with E-state index in [1.165, 1.54) is 25.3 Å². The third kappa shape index (κ3) is 5.15. The first-order chi connectivity index (χ1) is 12.7. The Kier molecular flexibility index (Phi) is 6.75. The van der Waals surface area contributed by atoms with Crippen molar-refractivity contribution in [3.8, 4) is 0 Å². The molecule has 7 heteroatoms. The summed E-state index contributed by atoms with van der Waals surface area (Å²) in [6.45, 7) is 3.90. The van der Waals surface area contributed by atoms with Gasteiger partial charge in [-0.1, -0.05) is 29.8 Å². The molecule has 0 radical (unpaired) electrons. The van der Waals surface area contributed by atoms with Crippen LogP contribution in [0, 0.1) is 13.8 Å². The van der Waals surface area contributed by atoms with Gasteiger partial charge in [-0.05, 0) is 57.3 Å². The summed E-state index contributed by atoms with van der Waals surface area (Å²) in [5.74, 6) is -0.498. The smallest absolute Gasteiger partial charge is 0.337 e. The van der Waals surface area contributed by atoms with Crippen molar-refractivity contribution in [2.24, 2.45) is 0 Å². The summed E-state index contributed by atoms with van der Waals surface area (Å²) in [7, 11) is 1.40. The van der Waals surface area contributed by atoms with Crippen molar-refractivity contribution in [3.05, 3.63) is 64.7 Å². The van der Waals surface area contributed by atoms with Crippen molar-refractivity contribution in [3.63, 3.8) is 0 Å². The Hall–Kier alpha value is -2.22. The van der Waals surface area contributed by atoms with Crippen molar-refractivity contribution in [1.29, 1.82) is 0 Å². The number of esters is 1. The van der Waals surface area contributed by atoms with Crippen LogP contribution in [0.1, 0.15) is 33.1 Å². The second-order valence-electron chi connectivity index (χ2n) is 6.71. The lowest BCUT2D eigenvalue weighted by molar-refractivity contribution is 0.0600. The Balaban J connectivity index is 2.22. The molecule has 0 aliphatic carbocycles. The summed E-state index contributed by atoms with van der Waals surface area (Å²) >= 11 is 0. The molecule has 0 amide bonds. The number of nitrogens with zero attached hydrogens (tertiary/aromatic N) is 1. The van der Waals surface area contributed by atoms with Crippen LogP contribution < -0.4 is 4.72 Å². The van der Waals surface area contributed by atoms with Crippen LogP contribution in [0.5, 0.6) is 0 Å². The third-order valence-corrected chi connectivity index (χ3v) is 6.02. The zero-order chi connectivity index (χ0) is 20.2. The molecule has 27 heavy (non-hydrogen) atoms. The summed E-state index contributed by atoms with van der Waals surface area (Å²) in [4.78, 5) is 13.7. The van der Waals surface area contributed by atoms with E-state index in [0.717, 1.165) is 11.1 Å². The van der Waals surface area contributed by atoms with E-state index in [1.54, 1.807) is 6.92 Å². The fourth-order valence-corrected chi connectivity index (χ4v) is 4.11. The van der Waals surface area contributed by atoms with E-state index in [0.29, 0.717) is 11.1 Å². The van der Waals surface area contributed by atoms with E-state index in [2.05, 4.69) is 9.46 Å². The predicted octanol–water partition coefficient (Wildman–Crippen LogP) is 2.67. The number of hydrogen-bond acceptors (Lipinski definition) is 5. The lowest BCUT2D eigenvalue weighted by Gasteiger charge is -2.25. The number of likely N-dealkylation sites (N-methyl/N-ethyl adjacent to an activating group) is 1. The quantitative estimate of drug-likeness (QED) is 0.736. The Morgan fingerprint density at radius 1 is 1.11 bits per heavy atom. The van der Waals surface area contributed by atoms with Crippen LogP contribution in [0.2, 0.25) is 0 Å². The molecule has 0 saturated carbocycles. The van der Waals surface area contributed by atoms with Gasteiger partial charge in [-0.25, -0.2) is 17.9 Å². The largest absolute Gasteiger partial charge is 0.465 e. The summed E-state index contributed by atoms with van der Waals surface area (Å²) in [5.41, 5.74) is 2.99. The van der Waals surface area contributed by atoms with E-state index in [4.69, 9.17) is 0 Å². The lowest BCUT2D eigenvalue weighted by atomic mass is 10.0. The second-order valence-corrected chi connectivity index (χ2v) is 8.45. The highest BCUT2D eigenvalue weighted by Crippen LogP contribution is 2.21. The van der Waals surface area contributed by atoms with Crippen LogP contribution in [0.15, 0.2) is 47.4 Å². The summed E-state index contributed by atoms with van der Waals surface area (Å²) in [6.07, 6.45) is 0. The normalized spacial score (nSPS) is 12.8. The van der Waals surface area contributed by atoms with Crippen molar-refractivity contribution < 1.29 is 17.9 Å². The zero-order valence-corrected chi connectivity index (χ0v) is 17.1. The first kappa shape index (κ1) is 21.1. The minimum absolute atomic E-state index is 0.102. The fourth-order valence-electron chi connectivity index (χ4n) is 2.85. The van der Waals surface area contributed by atoms with Crippen LogP contribution in [0.25, 0.3) is 0 Å². The van der Waals surface area contributed by atoms with Gasteiger partial charge in [-0.3, -0.25) is 0 Å². The van der Waals surface area contributed by atoms with Crippen LogP contribution in [-0.4, -0.2) is 47.0 Å².